The third-order valence-electron chi connectivity index (χ3n) is 4.43. The minimum Gasteiger partial charge on any atom is -0.326 e. The van der Waals surface area contributed by atoms with E-state index >= 15 is 0 Å². The summed E-state index contributed by atoms with van der Waals surface area (Å²) in [7, 11) is -0.935. The Bertz CT molecular complexity index is 581. The molecule has 0 spiro atoms. The van der Waals surface area contributed by atoms with Crippen molar-refractivity contribution in [3.8, 4) is 0 Å². The second-order valence-electron chi connectivity index (χ2n) is 7.58. The quantitative estimate of drug-likeness (QED) is 0.780. The van der Waals surface area contributed by atoms with Crippen LogP contribution in [0, 0.1) is 5.92 Å². The topological polar surface area (TPSA) is 58.2 Å². The molecule has 25 heavy (non-hydrogen) atoms. The van der Waals surface area contributed by atoms with E-state index in [0.717, 1.165) is 30.8 Å². The summed E-state index contributed by atoms with van der Waals surface area (Å²) in [6.07, 6.45) is 3.87. The van der Waals surface area contributed by atoms with Gasteiger partial charge in [-0.15, -0.1) is 12.4 Å². The van der Waals surface area contributed by atoms with E-state index in [1.54, 1.807) is 0 Å². The number of anilines is 1. The first kappa shape index (κ1) is 22.1. The smallest absolute Gasteiger partial charge is 0.224 e. The number of rotatable bonds is 6. The average Bonchev–Trinajstić information content (AvgIpc) is 2.53. The number of hydrogen-bond donors (Lipinski definition) is 2. The zero-order valence-electron chi connectivity index (χ0n) is 15.5. The monoisotopic (exact) mass is 386 g/mol. The van der Waals surface area contributed by atoms with Gasteiger partial charge in [0.15, 0.2) is 0 Å². The van der Waals surface area contributed by atoms with Gasteiger partial charge in [0.2, 0.25) is 5.91 Å². The number of amides is 1. The zero-order chi connectivity index (χ0) is 17.6. The van der Waals surface area contributed by atoms with Crippen molar-refractivity contribution >= 4 is 34.8 Å². The standard InChI is InChI=1S/C19H30N2O2S.ClH/c1-19(2,3)24(23)14-16-5-4-6-17(13-16)21-18(22)8-7-15-9-11-20-12-10-15;/h4-6,13,15,20H,7-12,14H2,1-3H3,(H,21,22);1H. The van der Waals surface area contributed by atoms with Crippen molar-refractivity contribution in [2.75, 3.05) is 18.4 Å². The van der Waals surface area contributed by atoms with Crippen LogP contribution in [0.3, 0.4) is 0 Å². The van der Waals surface area contributed by atoms with Crippen molar-refractivity contribution in [3.63, 3.8) is 0 Å². The third kappa shape index (κ3) is 7.89. The highest BCUT2D eigenvalue weighted by Crippen LogP contribution is 2.20. The molecule has 0 bridgehead atoms. The SMILES string of the molecule is CC(C)(C)S(=O)Cc1cccc(NC(=O)CCC2CCNCC2)c1.Cl. The van der Waals surface area contributed by atoms with Crippen LogP contribution in [0.15, 0.2) is 24.3 Å². The van der Waals surface area contributed by atoms with Gasteiger partial charge in [-0.25, -0.2) is 0 Å². The van der Waals surface area contributed by atoms with E-state index in [0.29, 0.717) is 18.1 Å². The fourth-order valence-corrected chi connectivity index (χ4v) is 3.75. The van der Waals surface area contributed by atoms with Gasteiger partial charge in [0.25, 0.3) is 0 Å². The van der Waals surface area contributed by atoms with E-state index in [2.05, 4.69) is 10.6 Å². The Balaban J connectivity index is 0.00000312. The summed E-state index contributed by atoms with van der Waals surface area (Å²) in [4.78, 5) is 12.2. The van der Waals surface area contributed by atoms with Crippen molar-refractivity contribution in [3.05, 3.63) is 29.8 Å². The Morgan fingerprint density at radius 1 is 1.28 bits per heavy atom. The lowest BCUT2D eigenvalue weighted by atomic mass is 9.93. The van der Waals surface area contributed by atoms with E-state index in [-0.39, 0.29) is 23.1 Å². The van der Waals surface area contributed by atoms with E-state index in [9.17, 15) is 9.00 Å². The molecule has 6 heteroatoms. The molecule has 2 N–H and O–H groups in total. The molecule has 1 fully saturated rings. The van der Waals surface area contributed by atoms with Gasteiger partial charge in [-0.1, -0.05) is 12.1 Å². The van der Waals surface area contributed by atoms with Crippen LogP contribution in [0.5, 0.6) is 0 Å². The Hall–Kier alpha value is -0.910. The molecule has 0 radical (unpaired) electrons. The number of halogens is 1. The van der Waals surface area contributed by atoms with Crippen molar-refractivity contribution in [2.45, 2.75) is 57.0 Å². The Kier molecular flexibility index (Phi) is 9.11. The van der Waals surface area contributed by atoms with Gasteiger partial charge in [-0.2, -0.15) is 0 Å². The average molecular weight is 387 g/mol. The first-order valence-corrected chi connectivity index (χ1v) is 10.1. The van der Waals surface area contributed by atoms with Crippen molar-refractivity contribution in [1.82, 2.24) is 5.32 Å². The lowest BCUT2D eigenvalue weighted by molar-refractivity contribution is -0.116. The number of hydrogen-bond acceptors (Lipinski definition) is 3. The second-order valence-corrected chi connectivity index (χ2v) is 9.79. The molecule has 1 atom stereocenters. The van der Waals surface area contributed by atoms with Gasteiger partial charge < -0.3 is 10.6 Å². The molecule has 1 aromatic carbocycles. The van der Waals surface area contributed by atoms with Crippen LogP contribution in [0.2, 0.25) is 0 Å². The number of nitrogens with one attached hydrogen (secondary N) is 2. The zero-order valence-corrected chi connectivity index (χ0v) is 17.1. The van der Waals surface area contributed by atoms with Crippen LogP contribution in [0.1, 0.15) is 52.0 Å². The first-order valence-electron chi connectivity index (χ1n) is 8.82. The molecule has 0 aromatic heterocycles. The van der Waals surface area contributed by atoms with Gasteiger partial charge in [-0.05, 0) is 76.7 Å². The predicted molar refractivity (Wildman–Crippen MR) is 109 cm³/mol. The van der Waals surface area contributed by atoms with Crippen LogP contribution < -0.4 is 10.6 Å². The van der Waals surface area contributed by atoms with Crippen LogP contribution >= 0.6 is 12.4 Å². The normalized spacial score (nSPS) is 16.8. The van der Waals surface area contributed by atoms with Crippen molar-refractivity contribution < 1.29 is 9.00 Å². The molecule has 1 saturated heterocycles. The highest BCUT2D eigenvalue weighted by Gasteiger charge is 2.19. The summed E-state index contributed by atoms with van der Waals surface area (Å²) in [6, 6.07) is 7.71. The fourth-order valence-electron chi connectivity index (χ4n) is 2.84. The van der Waals surface area contributed by atoms with Crippen LogP contribution in [-0.2, 0) is 21.3 Å². The Morgan fingerprint density at radius 2 is 1.96 bits per heavy atom. The molecular weight excluding hydrogens is 356 g/mol. The largest absolute Gasteiger partial charge is 0.326 e. The third-order valence-corrected chi connectivity index (χ3v) is 6.39. The van der Waals surface area contributed by atoms with Gasteiger partial charge >= 0.3 is 0 Å². The maximum atomic E-state index is 12.3. The molecule has 1 unspecified atom stereocenters. The first-order chi connectivity index (χ1) is 11.3. The predicted octanol–water partition coefficient (Wildman–Crippen LogP) is 3.87. The summed E-state index contributed by atoms with van der Waals surface area (Å²) in [5.74, 6) is 1.25. The van der Waals surface area contributed by atoms with Gasteiger partial charge in [-0.3, -0.25) is 9.00 Å². The van der Waals surface area contributed by atoms with Crippen LogP contribution in [0.25, 0.3) is 0 Å². The number of piperidine rings is 1. The molecule has 1 aromatic rings. The minimum absolute atomic E-state index is 0. The summed E-state index contributed by atoms with van der Waals surface area (Å²) in [5, 5.41) is 6.33. The summed E-state index contributed by atoms with van der Waals surface area (Å²) in [6.45, 7) is 8.08. The maximum absolute atomic E-state index is 12.3. The Labute approximate surface area is 160 Å². The highest BCUT2D eigenvalue weighted by atomic mass is 35.5. The second kappa shape index (κ2) is 10.3. The number of carbonyl (C=O) groups excluding carboxylic acids is 1. The maximum Gasteiger partial charge on any atom is 0.224 e. The summed E-state index contributed by atoms with van der Waals surface area (Å²) < 4.78 is 12.0. The molecule has 1 heterocycles. The van der Waals surface area contributed by atoms with Gasteiger partial charge in [0, 0.05) is 33.4 Å². The fraction of sp³-hybridized carbons (Fsp3) is 0.632. The van der Waals surface area contributed by atoms with Crippen molar-refractivity contribution in [1.29, 1.82) is 0 Å². The molecule has 0 aliphatic carbocycles. The Morgan fingerprint density at radius 3 is 2.60 bits per heavy atom. The molecule has 0 saturated carbocycles. The molecule has 1 aliphatic heterocycles. The van der Waals surface area contributed by atoms with Gasteiger partial charge in [0.05, 0.1) is 0 Å². The van der Waals surface area contributed by atoms with Crippen molar-refractivity contribution in [2.24, 2.45) is 5.92 Å². The summed E-state index contributed by atoms with van der Waals surface area (Å²) >= 11 is 0. The van der Waals surface area contributed by atoms with E-state index < -0.39 is 10.8 Å². The molecule has 2 rings (SSSR count). The number of carbonyl (C=O) groups is 1. The molecule has 4 nitrogen and oxygen atoms in total. The van der Waals surface area contributed by atoms with E-state index in [1.165, 1.54) is 12.8 Å². The lowest BCUT2D eigenvalue weighted by Crippen LogP contribution is -2.28. The number of benzene rings is 1. The minimum atomic E-state index is -0.935. The lowest BCUT2D eigenvalue weighted by Gasteiger charge is -2.22. The molecule has 1 amide bonds. The van der Waals surface area contributed by atoms with Crippen LogP contribution in [0.4, 0.5) is 5.69 Å². The molecule has 142 valence electrons. The van der Waals surface area contributed by atoms with Crippen LogP contribution in [-0.4, -0.2) is 28.0 Å². The molecule has 1 aliphatic rings. The van der Waals surface area contributed by atoms with E-state index in [4.69, 9.17) is 0 Å². The summed E-state index contributed by atoms with van der Waals surface area (Å²) in [5.41, 5.74) is 1.80. The van der Waals surface area contributed by atoms with Gasteiger partial charge in [0.1, 0.15) is 0 Å². The molecular formula is C19H31ClN2O2S. The highest BCUT2D eigenvalue weighted by molar-refractivity contribution is 7.85. The van der Waals surface area contributed by atoms with E-state index in [1.807, 2.05) is 45.0 Å².